The van der Waals surface area contributed by atoms with Crippen LogP contribution in [0.25, 0.3) is 33.7 Å². The Bertz CT molecular complexity index is 1380. The summed E-state index contributed by atoms with van der Waals surface area (Å²) in [6, 6.07) is 9.76. The summed E-state index contributed by atoms with van der Waals surface area (Å²) in [6.45, 7) is 4.61. The summed E-state index contributed by atoms with van der Waals surface area (Å²) in [6.07, 6.45) is 2.80. The van der Waals surface area contributed by atoms with Gasteiger partial charge in [-0.25, -0.2) is 19.8 Å². The molecule has 0 aliphatic carbocycles. The van der Waals surface area contributed by atoms with E-state index in [1.165, 1.54) is 12.1 Å². The summed E-state index contributed by atoms with van der Waals surface area (Å²) in [5.41, 5.74) is 6.46. The van der Waals surface area contributed by atoms with Crippen molar-refractivity contribution in [1.29, 1.82) is 0 Å². The molecule has 0 aliphatic heterocycles. The van der Waals surface area contributed by atoms with E-state index in [2.05, 4.69) is 15.6 Å². The molecule has 32 heavy (non-hydrogen) atoms. The lowest BCUT2D eigenvalue weighted by Crippen LogP contribution is -2.15. The van der Waals surface area contributed by atoms with Crippen molar-refractivity contribution in [2.75, 3.05) is 11.7 Å². The molecule has 0 saturated carbocycles. The first-order valence-electron chi connectivity index (χ1n) is 9.92. The topological polar surface area (TPSA) is 104 Å². The molecule has 0 amide bonds. The molecule has 3 heterocycles. The van der Waals surface area contributed by atoms with Gasteiger partial charge in [0, 0.05) is 30.9 Å². The third-order valence-electron chi connectivity index (χ3n) is 4.65. The van der Waals surface area contributed by atoms with Gasteiger partial charge in [0.1, 0.15) is 17.0 Å². The van der Waals surface area contributed by atoms with E-state index in [0.717, 1.165) is 17.4 Å². The number of nitrogens with one attached hydrogen (secondary N) is 1. The molecule has 11 heteroatoms. The highest BCUT2D eigenvalue weighted by Crippen LogP contribution is 2.31. The summed E-state index contributed by atoms with van der Waals surface area (Å²) < 4.78 is 44.4. The normalized spacial score (nSPS) is 12.1. The third-order valence-corrected chi connectivity index (χ3v) is 5.03. The molecule has 0 fully saturated rings. The maximum absolute atomic E-state index is 13.4. The lowest BCUT2D eigenvalue weighted by atomic mass is 10.1. The van der Waals surface area contributed by atoms with Crippen LogP contribution in [-0.2, 0) is 28.0 Å². The Hall–Kier alpha value is -3.31. The van der Waals surface area contributed by atoms with Crippen LogP contribution in [0, 0.1) is 11.7 Å². The van der Waals surface area contributed by atoms with E-state index < -0.39 is 10.1 Å². The Morgan fingerprint density at radius 3 is 2.50 bits per heavy atom. The van der Waals surface area contributed by atoms with Crippen molar-refractivity contribution >= 4 is 27.2 Å². The Kier molecular flexibility index (Phi) is 5.70. The number of nitrogens with zero attached hydrogens (tertiary/aromatic N) is 5. The van der Waals surface area contributed by atoms with Gasteiger partial charge in [0.05, 0.1) is 11.9 Å². The van der Waals surface area contributed by atoms with E-state index in [9.17, 15) is 12.8 Å². The van der Waals surface area contributed by atoms with E-state index in [0.29, 0.717) is 29.1 Å². The Labute approximate surface area is 184 Å². The van der Waals surface area contributed by atoms with E-state index >= 15 is 0 Å². The second-order valence-electron chi connectivity index (χ2n) is 7.94. The van der Waals surface area contributed by atoms with Gasteiger partial charge >= 0.3 is 0 Å². The SMILES string of the molecule is CC(C)Cn1c(NOS(C)(=O)=O)nc2ccc(-c3cn(C)nc3-c3ccc(F)cc3)nc21. The number of pyridine rings is 1. The molecule has 0 unspecified atom stereocenters. The maximum Gasteiger partial charge on any atom is 0.285 e. The van der Waals surface area contributed by atoms with Gasteiger partial charge in [0.25, 0.3) is 10.1 Å². The van der Waals surface area contributed by atoms with E-state index in [-0.39, 0.29) is 17.7 Å². The zero-order valence-electron chi connectivity index (χ0n) is 18.1. The molecule has 0 radical (unpaired) electrons. The molecule has 0 spiro atoms. The van der Waals surface area contributed by atoms with Crippen LogP contribution in [0.5, 0.6) is 0 Å². The first kappa shape index (κ1) is 21.9. The fourth-order valence-corrected chi connectivity index (χ4v) is 3.60. The number of benzene rings is 1. The molecule has 0 bridgehead atoms. The summed E-state index contributed by atoms with van der Waals surface area (Å²) in [7, 11) is -1.91. The second kappa shape index (κ2) is 8.32. The van der Waals surface area contributed by atoms with Crippen molar-refractivity contribution in [2.45, 2.75) is 20.4 Å². The molecule has 0 atom stereocenters. The summed E-state index contributed by atoms with van der Waals surface area (Å²) in [5.74, 6) is 0.165. The predicted octanol–water partition coefficient (Wildman–Crippen LogP) is 3.60. The lowest BCUT2D eigenvalue weighted by Gasteiger charge is -2.12. The molecule has 3 aromatic heterocycles. The quantitative estimate of drug-likeness (QED) is 0.422. The number of halogens is 1. The smallest absolute Gasteiger partial charge is 0.285 e. The number of aromatic nitrogens is 5. The highest BCUT2D eigenvalue weighted by molar-refractivity contribution is 7.86. The maximum atomic E-state index is 13.4. The van der Waals surface area contributed by atoms with Crippen LogP contribution in [0.15, 0.2) is 42.6 Å². The van der Waals surface area contributed by atoms with Crippen LogP contribution in [0.2, 0.25) is 0 Å². The van der Waals surface area contributed by atoms with Gasteiger partial charge in [-0.2, -0.15) is 13.5 Å². The monoisotopic (exact) mass is 458 g/mol. The number of aryl methyl sites for hydroxylation is 1. The molecular formula is C21H23FN6O3S. The predicted molar refractivity (Wildman–Crippen MR) is 120 cm³/mol. The largest absolute Gasteiger partial charge is 0.293 e. The number of fused-ring (bicyclic) bond motifs is 1. The van der Waals surface area contributed by atoms with Gasteiger partial charge in [0.2, 0.25) is 5.95 Å². The Morgan fingerprint density at radius 1 is 1.12 bits per heavy atom. The third kappa shape index (κ3) is 4.63. The van der Waals surface area contributed by atoms with Crippen LogP contribution >= 0.6 is 0 Å². The van der Waals surface area contributed by atoms with Gasteiger partial charge in [-0.05, 0) is 42.3 Å². The van der Waals surface area contributed by atoms with Crippen LogP contribution < -0.4 is 5.48 Å². The van der Waals surface area contributed by atoms with Crippen LogP contribution in [-0.4, -0.2) is 39.0 Å². The lowest BCUT2D eigenvalue weighted by molar-refractivity contribution is 0.385. The number of hydrogen-bond acceptors (Lipinski definition) is 7. The van der Waals surface area contributed by atoms with Gasteiger partial charge in [-0.1, -0.05) is 13.8 Å². The molecule has 168 valence electrons. The van der Waals surface area contributed by atoms with Crippen LogP contribution in [0.1, 0.15) is 13.8 Å². The molecule has 4 rings (SSSR count). The van der Waals surface area contributed by atoms with E-state index in [4.69, 9.17) is 9.27 Å². The summed E-state index contributed by atoms with van der Waals surface area (Å²) in [5, 5.41) is 4.53. The zero-order chi connectivity index (χ0) is 23.0. The fourth-order valence-electron chi connectivity index (χ4n) is 3.38. The van der Waals surface area contributed by atoms with Gasteiger partial charge in [-0.15, -0.1) is 4.28 Å². The number of hydrogen-bond donors (Lipinski definition) is 1. The average molecular weight is 459 g/mol. The minimum atomic E-state index is -3.72. The molecule has 0 aliphatic rings. The Balaban J connectivity index is 1.82. The first-order valence-corrected chi connectivity index (χ1v) is 11.7. The molecule has 1 aromatic carbocycles. The molecule has 9 nitrogen and oxygen atoms in total. The number of anilines is 1. The van der Waals surface area contributed by atoms with Gasteiger partial charge in [0.15, 0.2) is 5.65 Å². The summed E-state index contributed by atoms with van der Waals surface area (Å²) >= 11 is 0. The first-order chi connectivity index (χ1) is 15.1. The minimum absolute atomic E-state index is 0.241. The number of imidazole rings is 1. The second-order valence-corrected chi connectivity index (χ2v) is 9.52. The average Bonchev–Trinajstić information content (AvgIpc) is 3.26. The molecule has 4 aromatic rings. The standard InChI is InChI=1S/C21H23FN6O3S/c1-13(2)11-28-20-18(24-21(28)26-31-32(4,29)30)10-9-17(23-20)16-12-27(3)25-19(16)14-5-7-15(22)8-6-14/h5-10,12-13H,11H2,1-4H3,(H,24,26). The minimum Gasteiger partial charge on any atom is -0.293 e. The highest BCUT2D eigenvalue weighted by Gasteiger charge is 2.19. The van der Waals surface area contributed by atoms with Crippen molar-refractivity contribution in [3.05, 3.63) is 48.4 Å². The van der Waals surface area contributed by atoms with Crippen LogP contribution in [0.3, 0.4) is 0 Å². The van der Waals surface area contributed by atoms with Crippen molar-refractivity contribution in [2.24, 2.45) is 13.0 Å². The van der Waals surface area contributed by atoms with E-state index in [1.54, 1.807) is 21.4 Å². The van der Waals surface area contributed by atoms with Crippen molar-refractivity contribution in [3.63, 3.8) is 0 Å². The number of rotatable bonds is 7. The van der Waals surface area contributed by atoms with Crippen molar-refractivity contribution in [1.82, 2.24) is 24.3 Å². The molecule has 1 N–H and O–H groups in total. The fraction of sp³-hybridized carbons (Fsp3) is 0.286. The van der Waals surface area contributed by atoms with Crippen molar-refractivity contribution < 1.29 is 17.1 Å². The van der Waals surface area contributed by atoms with Crippen molar-refractivity contribution in [3.8, 4) is 22.5 Å². The highest BCUT2D eigenvalue weighted by atomic mass is 32.2. The van der Waals surface area contributed by atoms with Gasteiger partial charge < -0.3 is 0 Å². The summed E-state index contributed by atoms with van der Waals surface area (Å²) in [4.78, 5) is 9.25. The van der Waals surface area contributed by atoms with E-state index in [1.807, 2.05) is 39.2 Å². The zero-order valence-corrected chi connectivity index (χ0v) is 18.9. The molecule has 0 saturated heterocycles. The van der Waals surface area contributed by atoms with Crippen LogP contribution in [0.4, 0.5) is 10.3 Å². The Morgan fingerprint density at radius 2 is 1.84 bits per heavy atom. The molecular weight excluding hydrogens is 435 g/mol. The van der Waals surface area contributed by atoms with Gasteiger partial charge in [-0.3, -0.25) is 9.25 Å².